The number of benzene rings is 2. The zero-order valence-corrected chi connectivity index (χ0v) is 18.0. The van der Waals surface area contributed by atoms with E-state index >= 15 is 0 Å². The van der Waals surface area contributed by atoms with Crippen LogP contribution in [0.25, 0.3) is 5.69 Å². The fourth-order valence-corrected chi connectivity index (χ4v) is 3.29. The molecular formula is C24H20ClN5O2. The molecule has 0 fully saturated rings. The summed E-state index contributed by atoms with van der Waals surface area (Å²) in [5.41, 5.74) is 3.95. The van der Waals surface area contributed by atoms with E-state index in [1.54, 1.807) is 53.6 Å². The minimum atomic E-state index is -0.252. The number of carbonyl (C=O) groups excluding carboxylic acids is 2. The van der Waals surface area contributed by atoms with Gasteiger partial charge < -0.3 is 10.6 Å². The van der Waals surface area contributed by atoms with E-state index in [-0.39, 0.29) is 18.2 Å². The Balaban J connectivity index is 1.43. The molecule has 0 bridgehead atoms. The van der Waals surface area contributed by atoms with Crippen molar-refractivity contribution in [2.45, 2.75) is 13.3 Å². The molecule has 4 rings (SSSR count). The topological polar surface area (TPSA) is 88.9 Å². The molecule has 7 nitrogen and oxygen atoms in total. The van der Waals surface area contributed by atoms with Crippen LogP contribution in [-0.4, -0.2) is 26.6 Å². The third-order valence-corrected chi connectivity index (χ3v) is 5.09. The molecule has 0 radical (unpaired) electrons. The first-order valence-electron chi connectivity index (χ1n) is 9.90. The highest BCUT2D eigenvalue weighted by Gasteiger charge is 2.11. The number of hydrogen-bond acceptors (Lipinski definition) is 4. The summed E-state index contributed by atoms with van der Waals surface area (Å²) in [5.74, 6) is -0.449. The fourth-order valence-electron chi connectivity index (χ4n) is 3.08. The van der Waals surface area contributed by atoms with Crippen LogP contribution in [0.15, 0.2) is 79.3 Å². The first kappa shape index (κ1) is 21.3. The summed E-state index contributed by atoms with van der Waals surface area (Å²) in [6, 6.07) is 17.9. The Morgan fingerprint density at radius 3 is 2.59 bits per heavy atom. The summed E-state index contributed by atoms with van der Waals surface area (Å²) in [7, 11) is 0. The van der Waals surface area contributed by atoms with Gasteiger partial charge in [-0.15, -0.1) is 0 Å². The smallest absolute Gasteiger partial charge is 0.255 e. The van der Waals surface area contributed by atoms with Crippen LogP contribution in [0, 0.1) is 6.92 Å². The molecule has 2 heterocycles. The monoisotopic (exact) mass is 445 g/mol. The highest BCUT2D eigenvalue weighted by molar-refractivity contribution is 6.31. The molecule has 4 aromatic rings. The second-order valence-electron chi connectivity index (χ2n) is 7.18. The number of nitrogens with zero attached hydrogens (tertiary/aromatic N) is 3. The predicted molar refractivity (Wildman–Crippen MR) is 124 cm³/mol. The second-order valence-corrected chi connectivity index (χ2v) is 7.59. The van der Waals surface area contributed by atoms with E-state index in [0.717, 1.165) is 11.3 Å². The molecule has 0 atom stereocenters. The van der Waals surface area contributed by atoms with E-state index in [9.17, 15) is 9.59 Å². The lowest BCUT2D eigenvalue weighted by atomic mass is 10.1. The van der Waals surface area contributed by atoms with E-state index in [4.69, 9.17) is 11.6 Å². The van der Waals surface area contributed by atoms with Crippen LogP contribution in [0.1, 0.15) is 21.6 Å². The summed E-state index contributed by atoms with van der Waals surface area (Å²) in [6.07, 6.45) is 5.01. The average Bonchev–Trinajstić information content (AvgIpc) is 3.25. The minimum absolute atomic E-state index is 0.161. The van der Waals surface area contributed by atoms with Gasteiger partial charge in [0.25, 0.3) is 5.91 Å². The van der Waals surface area contributed by atoms with Gasteiger partial charge in [-0.05, 0) is 48.9 Å². The molecule has 32 heavy (non-hydrogen) atoms. The Kier molecular flexibility index (Phi) is 6.28. The number of aromatic nitrogens is 3. The summed E-state index contributed by atoms with van der Waals surface area (Å²) < 4.78 is 1.59. The van der Waals surface area contributed by atoms with E-state index in [1.165, 1.54) is 0 Å². The third kappa shape index (κ3) is 5.19. The Morgan fingerprint density at radius 2 is 1.81 bits per heavy atom. The quantitative estimate of drug-likeness (QED) is 0.451. The molecule has 0 aliphatic rings. The molecule has 0 aliphatic heterocycles. The van der Waals surface area contributed by atoms with Crippen LogP contribution in [0.2, 0.25) is 5.02 Å². The number of rotatable bonds is 6. The first-order chi connectivity index (χ1) is 15.5. The van der Waals surface area contributed by atoms with Gasteiger partial charge in [0.15, 0.2) is 0 Å². The third-order valence-electron chi connectivity index (χ3n) is 4.72. The molecule has 2 amide bonds. The highest BCUT2D eigenvalue weighted by atomic mass is 35.5. The average molecular weight is 446 g/mol. The lowest BCUT2D eigenvalue weighted by Gasteiger charge is -2.07. The fraction of sp³-hybridized carbons (Fsp3) is 0.0833. The van der Waals surface area contributed by atoms with Gasteiger partial charge in [-0.2, -0.15) is 5.10 Å². The Hall–Kier alpha value is -3.97. The van der Waals surface area contributed by atoms with Crippen molar-refractivity contribution in [3.05, 3.63) is 101 Å². The van der Waals surface area contributed by atoms with Gasteiger partial charge >= 0.3 is 0 Å². The number of carbonyl (C=O) groups is 2. The minimum Gasteiger partial charge on any atom is -0.323 e. The van der Waals surface area contributed by atoms with Crippen LogP contribution in [-0.2, 0) is 11.2 Å². The molecule has 0 spiro atoms. The second kappa shape index (κ2) is 9.45. The molecule has 160 valence electrons. The first-order valence-corrected chi connectivity index (χ1v) is 10.3. The van der Waals surface area contributed by atoms with Crippen LogP contribution in [0.5, 0.6) is 0 Å². The molecule has 2 N–H and O–H groups in total. The molecule has 0 saturated carbocycles. The maximum absolute atomic E-state index is 12.6. The standard InChI is InChI=1S/C24H20ClN5O2/c1-16-9-10-19(13-26-16)29-24(32)18-6-4-7-21(11-18)30-15-20(14-27-30)28-23(31)12-17-5-2-3-8-22(17)25/h2-11,13-15H,12H2,1H3,(H,28,31)(H,29,32). The highest BCUT2D eigenvalue weighted by Crippen LogP contribution is 2.18. The van der Waals surface area contributed by atoms with Crippen molar-refractivity contribution in [2.24, 2.45) is 0 Å². The lowest BCUT2D eigenvalue weighted by Crippen LogP contribution is -2.14. The molecule has 2 aromatic heterocycles. The predicted octanol–water partition coefficient (Wildman–Crippen LogP) is 4.66. The normalized spacial score (nSPS) is 10.6. The zero-order valence-electron chi connectivity index (χ0n) is 17.2. The van der Waals surface area contributed by atoms with Crippen LogP contribution < -0.4 is 10.6 Å². The van der Waals surface area contributed by atoms with Crippen molar-refractivity contribution in [1.29, 1.82) is 0 Å². The van der Waals surface area contributed by atoms with Crippen molar-refractivity contribution in [2.75, 3.05) is 10.6 Å². The van der Waals surface area contributed by atoms with Gasteiger partial charge in [0.1, 0.15) is 0 Å². The Labute approximate surface area is 190 Å². The van der Waals surface area contributed by atoms with Gasteiger partial charge in [0, 0.05) is 16.3 Å². The number of amides is 2. The number of halogens is 1. The molecule has 0 unspecified atom stereocenters. The molecule has 0 aliphatic carbocycles. The molecule has 8 heteroatoms. The summed E-state index contributed by atoms with van der Waals surface area (Å²) in [5, 5.41) is 10.5. The van der Waals surface area contributed by atoms with E-state index in [1.807, 2.05) is 37.3 Å². The van der Waals surface area contributed by atoms with Gasteiger partial charge in [-0.1, -0.05) is 35.9 Å². The summed E-state index contributed by atoms with van der Waals surface area (Å²) >= 11 is 6.12. The number of hydrogen-bond donors (Lipinski definition) is 2. The summed E-state index contributed by atoms with van der Waals surface area (Å²) in [4.78, 5) is 29.1. The van der Waals surface area contributed by atoms with E-state index in [2.05, 4.69) is 20.7 Å². The maximum Gasteiger partial charge on any atom is 0.255 e. The van der Waals surface area contributed by atoms with E-state index < -0.39 is 0 Å². The summed E-state index contributed by atoms with van der Waals surface area (Å²) in [6.45, 7) is 1.88. The van der Waals surface area contributed by atoms with Gasteiger partial charge in [0.05, 0.1) is 42.1 Å². The Morgan fingerprint density at radius 1 is 0.969 bits per heavy atom. The SMILES string of the molecule is Cc1ccc(NC(=O)c2cccc(-n3cc(NC(=O)Cc4ccccc4Cl)cn3)c2)cn1. The van der Waals surface area contributed by atoms with Gasteiger partial charge in [-0.25, -0.2) is 4.68 Å². The van der Waals surface area contributed by atoms with Crippen molar-refractivity contribution in [3.8, 4) is 5.69 Å². The van der Waals surface area contributed by atoms with Crippen molar-refractivity contribution in [1.82, 2.24) is 14.8 Å². The van der Waals surface area contributed by atoms with Crippen molar-refractivity contribution >= 4 is 34.8 Å². The van der Waals surface area contributed by atoms with E-state index in [0.29, 0.717) is 27.6 Å². The lowest BCUT2D eigenvalue weighted by molar-refractivity contribution is -0.115. The maximum atomic E-state index is 12.6. The van der Waals surface area contributed by atoms with Crippen LogP contribution in [0.4, 0.5) is 11.4 Å². The molecule has 2 aromatic carbocycles. The number of aryl methyl sites for hydroxylation is 1. The van der Waals surface area contributed by atoms with Gasteiger partial charge in [0.2, 0.25) is 5.91 Å². The zero-order chi connectivity index (χ0) is 22.5. The molecular weight excluding hydrogens is 426 g/mol. The Bertz CT molecular complexity index is 1270. The largest absolute Gasteiger partial charge is 0.323 e. The van der Waals surface area contributed by atoms with Crippen molar-refractivity contribution in [3.63, 3.8) is 0 Å². The van der Waals surface area contributed by atoms with Crippen LogP contribution in [0.3, 0.4) is 0 Å². The van der Waals surface area contributed by atoms with Crippen molar-refractivity contribution < 1.29 is 9.59 Å². The number of pyridine rings is 1. The molecule has 0 saturated heterocycles. The van der Waals surface area contributed by atoms with Gasteiger partial charge in [-0.3, -0.25) is 14.6 Å². The number of nitrogens with one attached hydrogen (secondary N) is 2. The number of anilines is 2. The van der Waals surface area contributed by atoms with Crippen LogP contribution >= 0.6 is 11.6 Å².